The molecule has 0 aliphatic heterocycles. The molecule has 0 unspecified atom stereocenters. The second-order valence-electron chi connectivity index (χ2n) is 5.06. The summed E-state index contributed by atoms with van der Waals surface area (Å²) in [6.45, 7) is 5.99. The molecule has 1 aliphatic rings. The van der Waals surface area contributed by atoms with Gasteiger partial charge in [0, 0.05) is 24.3 Å². The lowest BCUT2D eigenvalue weighted by Crippen LogP contribution is -2.15. The first-order valence-corrected chi connectivity index (χ1v) is 7.17. The fourth-order valence-corrected chi connectivity index (χ4v) is 1.94. The van der Waals surface area contributed by atoms with Crippen molar-refractivity contribution in [3.8, 4) is 5.88 Å². The van der Waals surface area contributed by atoms with Gasteiger partial charge in [0.2, 0.25) is 5.88 Å². The van der Waals surface area contributed by atoms with Crippen molar-refractivity contribution in [3.05, 3.63) is 23.4 Å². The molecular weight excluding hydrogens is 224 g/mol. The van der Waals surface area contributed by atoms with Gasteiger partial charge in [0.15, 0.2) is 0 Å². The number of rotatable bonds is 8. The number of nitrogens with zero attached hydrogens (tertiary/aromatic N) is 1. The third-order valence-electron chi connectivity index (χ3n) is 3.05. The van der Waals surface area contributed by atoms with Crippen molar-refractivity contribution in [3.63, 3.8) is 0 Å². The maximum Gasteiger partial charge on any atom is 0.213 e. The van der Waals surface area contributed by atoms with Gasteiger partial charge in [0.1, 0.15) is 0 Å². The average molecular weight is 248 g/mol. The van der Waals surface area contributed by atoms with Crippen LogP contribution in [0.1, 0.15) is 50.8 Å². The summed E-state index contributed by atoms with van der Waals surface area (Å²) in [6, 6.07) is 5.02. The SMILES string of the molecule is CCCOc1cc(CNC2CC2)cc(CCC)n1. The molecule has 0 spiro atoms. The fraction of sp³-hybridized carbons (Fsp3) is 0.667. The largest absolute Gasteiger partial charge is 0.478 e. The van der Waals surface area contributed by atoms with Crippen molar-refractivity contribution >= 4 is 0 Å². The highest BCUT2D eigenvalue weighted by molar-refractivity contribution is 5.25. The van der Waals surface area contributed by atoms with Crippen molar-refractivity contribution in [1.29, 1.82) is 0 Å². The lowest BCUT2D eigenvalue weighted by molar-refractivity contribution is 0.304. The standard InChI is InChI=1S/C15H24N2O/c1-3-5-14-9-12(11-16-13-6-7-13)10-15(17-14)18-8-4-2/h9-10,13,16H,3-8,11H2,1-2H3. The van der Waals surface area contributed by atoms with Gasteiger partial charge in [-0.15, -0.1) is 0 Å². The van der Waals surface area contributed by atoms with Crippen molar-refractivity contribution in [2.75, 3.05) is 6.61 Å². The minimum atomic E-state index is 0.743. The summed E-state index contributed by atoms with van der Waals surface area (Å²) < 4.78 is 5.67. The van der Waals surface area contributed by atoms with E-state index in [1.807, 2.05) is 0 Å². The van der Waals surface area contributed by atoms with Crippen LogP contribution >= 0.6 is 0 Å². The molecule has 0 radical (unpaired) electrons. The first kappa shape index (κ1) is 13.3. The monoisotopic (exact) mass is 248 g/mol. The Hall–Kier alpha value is -1.09. The summed E-state index contributed by atoms with van der Waals surface area (Å²) in [7, 11) is 0. The normalized spacial score (nSPS) is 14.8. The van der Waals surface area contributed by atoms with E-state index in [1.165, 1.54) is 18.4 Å². The number of pyridine rings is 1. The van der Waals surface area contributed by atoms with Gasteiger partial charge < -0.3 is 10.1 Å². The molecule has 1 heterocycles. The van der Waals surface area contributed by atoms with Gasteiger partial charge in [-0.05, 0) is 37.3 Å². The van der Waals surface area contributed by atoms with Crippen LogP contribution in [0.25, 0.3) is 0 Å². The highest BCUT2D eigenvalue weighted by atomic mass is 16.5. The minimum Gasteiger partial charge on any atom is -0.478 e. The van der Waals surface area contributed by atoms with Gasteiger partial charge in [0.05, 0.1) is 6.61 Å². The van der Waals surface area contributed by atoms with Gasteiger partial charge in [-0.3, -0.25) is 0 Å². The van der Waals surface area contributed by atoms with Crippen LogP contribution in [-0.2, 0) is 13.0 Å². The predicted octanol–water partition coefficient (Wildman–Crippen LogP) is 3.07. The number of hydrogen-bond acceptors (Lipinski definition) is 3. The molecule has 3 nitrogen and oxygen atoms in total. The Balaban J connectivity index is 2.01. The van der Waals surface area contributed by atoms with Gasteiger partial charge >= 0.3 is 0 Å². The number of nitrogens with one attached hydrogen (secondary N) is 1. The van der Waals surface area contributed by atoms with Gasteiger partial charge in [0.25, 0.3) is 0 Å². The van der Waals surface area contributed by atoms with Crippen LogP contribution in [0, 0.1) is 0 Å². The second-order valence-corrected chi connectivity index (χ2v) is 5.06. The fourth-order valence-electron chi connectivity index (χ4n) is 1.94. The molecule has 1 saturated carbocycles. The van der Waals surface area contributed by atoms with E-state index in [1.54, 1.807) is 0 Å². The van der Waals surface area contributed by atoms with E-state index in [4.69, 9.17) is 4.74 Å². The van der Waals surface area contributed by atoms with E-state index in [0.717, 1.165) is 50.0 Å². The Bertz CT molecular complexity index is 375. The molecule has 0 bridgehead atoms. The van der Waals surface area contributed by atoms with Gasteiger partial charge in [-0.2, -0.15) is 0 Å². The van der Waals surface area contributed by atoms with Crippen LogP contribution in [0.5, 0.6) is 5.88 Å². The van der Waals surface area contributed by atoms with Gasteiger partial charge in [-0.25, -0.2) is 4.98 Å². The van der Waals surface area contributed by atoms with E-state index < -0.39 is 0 Å². The third kappa shape index (κ3) is 4.30. The number of hydrogen-bond donors (Lipinski definition) is 1. The highest BCUT2D eigenvalue weighted by Crippen LogP contribution is 2.20. The maximum absolute atomic E-state index is 5.67. The lowest BCUT2D eigenvalue weighted by atomic mass is 10.1. The summed E-state index contributed by atoms with van der Waals surface area (Å²) in [6.07, 6.45) is 5.83. The maximum atomic E-state index is 5.67. The summed E-state index contributed by atoms with van der Waals surface area (Å²) in [5.41, 5.74) is 2.45. The van der Waals surface area contributed by atoms with E-state index >= 15 is 0 Å². The summed E-state index contributed by atoms with van der Waals surface area (Å²) in [5.74, 6) is 0.787. The minimum absolute atomic E-state index is 0.743. The van der Waals surface area contributed by atoms with E-state index in [-0.39, 0.29) is 0 Å². The molecule has 0 atom stereocenters. The Labute approximate surface area is 110 Å². The quantitative estimate of drug-likeness (QED) is 0.767. The van der Waals surface area contributed by atoms with Crippen LogP contribution in [0.4, 0.5) is 0 Å². The van der Waals surface area contributed by atoms with E-state index in [0.29, 0.717) is 0 Å². The molecule has 1 N–H and O–H groups in total. The average Bonchev–Trinajstić information content (AvgIpc) is 3.18. The second kappa shape index (κ2) is 6.74. The zero-order chi connectivity index (χ0) is 12.8. The molecule has 100 valence electrons. The van der Waals surface area contributed by atoms with Crippen LogP contribution in [0.2, 0.25) is 0 Å². The van der Waals surface area contributed by atoms with Crippen LogP contribution in [0.3, 0.4) is 0 Å². The molecule has 1 aliphatic carbocycles. The van der Waals surface area contributed by atoms with Crippen molar-refractivity contribution in [2.45, 2.75) is 58.5 Å². The molecule has 1 fully saturated rings. The van der Waals surface area contributed by atoms with Crippen molar-refractivity contribution in [2.24, 2.45) is 0 Å². The highest BCUT2D eigenvalue weighted by Gasteiger charge is 2.20. The predicted molar refractivity (Wildman–Crippen MR) is 73.9 cm³/mol. The molecule has 1 aromatic heterocycles. The molecule has 18 heavy (non-hydrogen) atoms. The van der Waals surface area contributed by atoms with E-state index in [2.05, 4.69) is 36.3 Å². The number of aromatic nitrogens is 1. The van der Waals surface area contributed by atoms with Crippen molar-refractivity contribution in [1.82, 2.24) is 10.3 Å². The topological polar surface area (TPSA) is 34.1 Å². The molecule has 3 heteroatoms. The van der Waals surface area contributed by atoms with Crippen LogP contribution < -0.4 is 10.1 Å². The molecule has 0 aromatic carbocycles. The molecular formula is C15H24N2O. The summed E-state index contributed by atoms with van der Waals surface area (Å²) in [5, 5.41) is 3.54. The van der Waals surface area contributed by atoms with Crippen LogP contribution in [0.15, 0.2) is 12.1 Å². The summed E-state index contributed by atoms with van der Waals surface area (Å²) >= 11 is 0. The number of aryl methyl sites for hydroxylation is 1. The zero-order valence-corrected chi connectivity index (χ0v) is 11.5. The molecule has 0 saturated heterocycles. The van der Waals surface area contributed by atoms with Crippen LogP contribution in [-0.4, -0.2) is 17.6 Å². The van der Waals surface area contributed by atoms with Gasteiger partial charge in [-0.1, -0.05) is 20.3 Å². The number of ether oxygens (including phenoxy) is 1. The Kier molecular flexibility index (Phi) is 5.00. The smallest absolute Gasteiger partial charge is 0.213 e. The summed E-state index contributed by atoms with van der Waals surface area (Å²) in [4.78, 5) is 4.55. The zero-order valence-electron chi connectivity index (χ0n) is 11.5. The Morgan fingerprint density at radius 3 is 2.78 bits per heavy atom. The van der Waals surface area contributed by atoms with E-state index in [9.17, 15) is 0 Å². The molecule has 2 rings (SSSR count). The first-order valence-electron chi connectivity index (χ1n) is 7.17. The third-order valence-corrected chi connectivity index (χ3v) is 3.05. The molecule has 0 amide bonds. The first-order chi connectivity index (χ1) is 8.81. The van der Waals surface area contributed by atoms with Crippen molar-refractivity contribution < 1.29 is 4.74 Å². The lowest BCUT2D eigenvalue weighted by Gasteiger charge is -2.10. The Morgan fingerprint density at radius 1 is 1.28 bits per heavy atom. The Morgan fingerprint density at radius 2 is 2.11 bits per heavy atom. The molecule has 1 aromatic rings.